The van der Waals surface area contributed by atoms with Crippen molar-refractivity contribution in [1.82, 2.24) is 0 Å². The third-order valence-electron chi connectivity index (χ3n) is 2.47. The molecule has 0 amide bonds. The molecular formula is C12H17NO2. The average Bonchev–Trinajstić information content (AvgIpc) is 2.18. The van der Waals surface area contributed by atoms with Crippen molar-refractivity contribution in [1.29, 1.82) is 0 Å². The summed E-state index contributed by atoms with van der Waals surface area (Å²) >= 11 is 0. The second kappa shape index (κ2) is 5.39. The summed E-state index contributed by atoms with van der Waals surface area (Å²) in [6, 6.07) is 7.72. The molecular weight excluding hydrogens is 190 g/mol. The zero-order chi connectivity index (χ0) is 11.3. The lowest BCUT2D eigenvalue weighted by atomic mass is 9.96. The van der Waals surface area contributed by atoms with Crippen LogP contribution in [0.25, 0.3) is 0 Å². The van der Waals surface area contributed by atoms with Gasteiger partial charge in [-0.1, -0.05) is 25.1 Å². The molecule has 3 N–H and O–H groups in total. The van der Waals surface area contributed by atoms with Crippen molar-refractivity contribution in [2.24, 2.45) is 5.92 Å². The molecule has 0 saturated heterocycles. The molecule has 0 aliphatic rings. The van der Waals surface area contributed by atoms with Gasteiger partial charge < -0.3 is 10.8 Å². The van der Waals surface area contributed by atoms with E-state index in [0.717, 1.165) is 17.7 Å². The smallest absolute Gasteiger partial charge is 0.303 e. The molecule has 0 heterocycles. The molecule has 1 aromatic rings. The topological polar surface area (TPSA) is 63.3 Å². The maximum atomic E-state index is 10.4. The van der Waals surface area contributed by atoms with Crippen LogP contribution in [0.3, 0.4) is 0 Å². The molecule has 1 unspecified atom stereocenters. The first-order chi connectivity index (χ1) is 7.09. The van der Waals surface area contributed by atoms with E-state index in [9.17, 15) is 4.79 Å². The van der Waals surface area contributed by atoms with Crippen molar-refractivity contribution >= 4 is 11.7 Å². The van der Waals surface area contributed by atoms with Gasteiger partial charge in [-0.25, -0.2) is 0 Å². The molecule has 1 atom stereocenters. The Bertz CT molecular complexity index is 336. The Labute approximate surface area is 89.9 Å². The number of aliphatic carboxylic acids is 1. The predicted molar refractivity (Wildman–Crippen MR) is 60.6 cm³/mol. The number of carboxylic acid groups (broad SMARTS) is 1. The van der Waals surface area contributed by atoms with Gasteiger partial charge in [-0.15, -0.1) is 0 Å². The molecule has 0 spiro atoms. The minimum Gasteiger partial charge on any atom is -0.481 e. The number of hydrogen-bond donors (Lipinski definition) is 2. The summed E-state index contributed by atoms with van der Waals surface area (Å²) in [5, 5.41) is 8.56. The summed E-state index contributed by atoms with van der Waals surface area (Å²) in [5.41, 5.74) is 7.71. The largest absolute Gasteiger partial charge is 0.481 e. The first kappa shape index (κ1) is 11.6. The van der Waals surface area contributed by atoms with Gasteiger partial charge >= 0.3 is 5.97 Å². The van der Waals surface area contributed by atoms with Crippen LogP contribution in [0.5, 0.6) is 0 Å². The van der Waals surface area contributed by atoms with Crippen molar-refractivity contribution in [3.05, 3.63) is 29.8 Å². The van der Waals surface area contributed by atoms with Gasteiger partial charge in [0.1, 0.15) is 0 Å². The summed E-state index contributed by atoms with van der Waals surface area (Å²) in [4.78, 5) is 10.4. The van der Waals surface area contributed by atoms with Crippen LogP contribution in [0.1, 0.15) is 25.3 Å². The number of nitrogens with two attached hydrogens (primary N) is 1. The van der Waals surface area contributed by atoms with E-state index in [0.29, 0.717) is 12.3 Å². The highest BCUT2D eigenvalue weighted by molar-refractivity contribution is 5.66. The van der Waals surface area contributed by atoms with Gasteiger partial charge in [-0.3, -0.25) is 4.79 Å². The summed E-state index contributed by atoms with van der Waals surface area (Å²) < 4.78 is 0. The van der Waals surface area contributed by atoms with E-state index in [-0.39, 0.29) is 6.42 Å². The van der Waals surface area contributed by atoms with Crippen molar-refractivity contribution in [3.63, 3.8) is 0 Å². The number of para-hydroxylation sites is 1. The van der Waals surface area contributed by atoms with E-state index >= 15 is 0 Å². The second-order valence-electron chi connectivity index (χ2n) is 3.94. The van der Waals surface area contributed by atoms with Crippen LogP contribution in [0.2, 0.25) is 0 Å². The fourth-order valence-corrected chi connectivity index (χ4v) is 1.57. The first-order valence-corrected chi connectivity index (χ1v) is 5.14. The maximum Gasteiger partial charge on any atom is 0.303 e. The second-order valence-corrected chi connectivity index (χ2v) is 3.94. The predicted octanol–water partition coefficient (Wildman–Crippen LogP) is 2.31. The standard InChI is InChI=1S/C12H17NO2/c1-9(6-7-12(14)15)8-10-4-2-3-5-11(10)13/h2-5,9H,6-8,13H2,1H3,(H,14,15). The van der Waals surface area contributed by atoms with Gasteiger partial charge in [-0.2, -0.15) is 0 Å². The molecule has 0 aliphatic carbocycles. The molecule has 0 bridgehead atoms. The lowest BCUT2D eigenvalue weighted by molar-refractivity contribution is -0.137. The Morgan fingerprint density at radius 1 is 1.47 bits per heavy atom. The van der Waals surface area contributed by atoms with Crippen molar-refractivity contribution < 1.29 is 9.90 Å². The van der Waals surface area contributed by atoms with Gasteiger partial charge in [-0.05, 0) is 30.4 Å². The van der Waals surface area contributed by atoms with Crippen LogP contribution < -0.4 is 5.73 Å². The fraction of sp³-hybridized carbons (Fsp3) is 0.417. The molecule has 1 aromatic carbocycles. The number of anilines is 1. The minimum atomic E-state index is -0.733. The molecule has 82 valence electrons. The molecule has 0 aliphatic heterocycles. The Hall–Kier alpha value is -1.51. The third-order valence-corrected chi connectivity index (χ3v) is 2.47. The van der Waals surface area contributed by atoms with Crippen LogP contribution in [0.4, 0.5) is 5.69 Å². The molecule has 0 aromatic heterocycles. The molecule has 15 heavy (non-hydrogen) atoms. The molecule has 0 radical (unpaired) electrons. The van der Waals surface area contributed by atoms with E-state index in [1.54, 1.807) is 0 Å². The highest BCUT2D eigenvalue weighted by Gasteiger charge is 2.07. The Kier molecular flexibility index (Phi) is 4.16. The normalized spacial score (nSPS) is 12.3. The lowest BCUT2D eigenvalue weighted by Crippen LogP contribution is -2.05. The first-order valence-electron chi connectivity index (χ1n) is 5.14. The Balaban J connectivity index is 2.47. The fourth-order valence-electron chi connectivity index (χ4n) is 1.57. The summed E-state index contributed by atoms with van der Waals surface area (Å²) in [7, 11) is 0. The van der Waals surface area contributed by atoms with E-state index in [1.165, 1.54) is 0 Å². The Morgan fingerprint density at radius 2 is 2.13 bits per heavy atom. The number of hydrogen-bond acceptors (Lipinski definition) is 2. The van der Waals surface area contributed by atoms with Crippen molar-refractivity contribution in [2.75, 3.05) is 5.73 Å². The monoisotopic (exact) mass is 207 g/mol. The molecule has 3 nitrogen and oxygen atoms in total. The quantitative estimate of drug-likeness (QED) is 0.728. The third kappa shape index (κ3) is 4.02. The van der Waals surface area contributed by atoms with Crippen molar-refractivity contribution in [3.8, 4) is 0 Å². The maximum absolute atomic E-state index is 10.4. The number of benzene rings is 1. The zero-order valence-corrected chi connectivity index (χ0v) is 8.94. The molecule has 1 rings (SSSR count). The van der Waals surface area contributed by atoms with Gasteiger partial charge in [0.15, 0.2) is 0 Å². The van der Waals surface area contributed by atoms with Crippen LogP contribution in [0, 0.1) is 5.92 Å². The van der Waals surface area contributed by atoms with Gasteiger partial charge in [0.25, 0.3) is 0 Å². The van der Waals surface area contributed by atoms with Crippen LogP contribution in [-0.2, 0) is 11.2 Å². The van der Waals surface area contributed by atoms with Crippen molar-refractivity contribution in [2.45, 2.75) is 26.2 Å². The number of carbonyl (C=O) groups is 1. The molecule has 3 heteroatoms. The lowest BCUT2D eigenvalue weighted by Gasteiger charge is -2.11. The van der Waals surface area contributed by atoms with E-state index in [2.05, 4.69) is 6.92 Å². The SMILES string of the molecule is CC(CCC(=O)O)Cc1ccccc1N. The number of rotatable bonds is 5. The average molecular weight is 207 g/mol. The molecule has 0 saturated carbocycles. The van der Waals surface area contributed by atoms with Crippen LogP contribution >= 0.6 is 0 Å². The van der Waals surface area contributed by atoms with E-state index < -0.39 is 5.97 Å². The Morgan fingerprint density at radius 3 is 2.73 bits per heavy atom. The summed E-state index contributed by atoms with van der Waals surface area (Å²) in [6.07, 6.45) is 1.78. The van der Waals surface area contributed by atoms with E-state index in [1.807, 2.05) is 24.3 Å². The van der Waals surface area contributed by atoms with E-state index in [4.69, 9.17) is 10.8 Å². The highest BCUT2D eigenvalue weighted by atomic mass is 16.4. The van der Waals surface area contributed by atoms with Crippen LogP contribution in [0.15, 0.2) is 24.3 Å². The number of nitrogen functional groups attached to an aromatic ring is 1. The van der Waals surface area contributed by atoms with Gasteiger partial charge in [0.05, 0.1) is 0 Å². The minimum absolute atomic E-state index is 0.230. The van der Waals surface area contributed by atoms with Gasteiger partial charge in [0, 0.05) is 12.1 Å². The highest BCUT2D eigenvalue weighted by Crippen LogP contribution is 2.18. The van der Waals surface area contributed by atoms with Crippen LogP contribution in [-0.4, -0.2) is 11.1 Å². The molecule has 0 fully saturated rings. The van der Waals surface area contributed by atoms with Gasteiger partial charge in [0.2, 0.25) is 0 Å². The summed E-state index contributed by atoms with van der Waals surface area (Å²) in [5.74, 6) is -0.381. The number of carboxylic acids is 1. The summed E-state index contributed by atoms with van der Waals surface area (Å²) in [6.45, 7) is 2.05. The zero-order valence-electron chi connectivity index (χ0n) is 8.94.